The van der Waals surface area contributed by atoms with Crippen LogP contribution in [-0.4, -0.2) is 53.9 Å². The molecule has 0 aliphatic carbocycles. The van der Waals surface area contributed by atoms with Gasteiger partial charge in [0.05, 0.1) is 31.9 Å². The highest BCUT2D eigenvalue weighted by atomic mass is 32.1. The maximum absolute atomic E-state index is 12.2. The van der Waals surface area contributed by atoms with Crippen molar-refractivity contribution in [1.29, 1.82) is 0 Å². The van der Waals surface area contributed by atoms with Gasteiger partial charge in [-0.3, -0.25) is 14.9 Å². The van der Waals surface area contributed by atoms with E-state index in [-0.39, 0.29) is 11.3 Å². The van der Waals surface area contributed by atoms with E-state index in [4.69, 9.17) is 5.73 Å². The molecular formula is C19H19N5O3S. The van der Waals surface area contributed by atoms with E-state index in [9.17, 15) is 14.9 Å². The fraction of sp³-hybridized carbons (Fsp3) is 0.263. The monoisotopic (exact) mass is 397 g/mol. The molecular weight excluding hydrogens is 378 g/mol. The van der Waals surface area contributed by atoms with Crippen LogP contribution in [0.1, 0.15) is 10.4 Å². The number of thiazole rings is 1. The van der Waals surface area contributed by atoms with Crippen molar-refractivity contribution in [2.24, 2.45) is 5.73 Å². The Morgan fingerprint density at radius 3 is 2.64 bits per heavy atom. The molecule has 0 saturated carbocycles. The summed E-state index contributed by atoms with van der Waals surface area (Å²) in [6, 6.07) is 8.53. The normalized spacial score (nSPS) is 15.1. The summed E-state index contributed by atoms with van der Waals surface area (Å²) in [5.41, 5.74) is 10.4. The molecule has 2 heterocycles. The van der Waals surface area contributed by atoms with Crippen molar-refractivity contribution in [1.82, 2.24) is 9.88 Å². The highest BCUT2D eigenvalue weighted by Crippen LogP contribution is 2.39. The second kappa shape index (κ2) is 7.17. The maximum atomic E-state index is 12.2. The summed E-state index contributed by atoms with van der Waals surface area (Å²) >= 11 is 1.50. The molecule has 1 saturated heterocycles. The highest BCUT2D eigenvalue weighted by Gasteiger charge is 2.26. The first-order valence-electron chi connectivity index (χ1n) is 8.83. The molecule has 1 fully saturated rings. The van der Waals surface area contributed by atoms with Gasteiger partial charge >= 0.3 is 0 Å². The van der Waals surface area contributed by atoms with Crippen molar-refractivity contribution in [2.75, 3.05) is 38.1 Å². The first kappa shape index (κ1) is 18.3. The number of fused-ring (bicyclic) bond motifs is 1. The molecule has 1 aromatic heterocycles. The first-order chi connectivity index (χ1) is 13.4. The van der Waals surface area contributed by atoms with Gasteiger partial charge in [-0.25, -0.2) is 4.98 Å². The lowest BCUT2D eigenvalue weighted by atomic mass is 9.97. The van der Waals surface area contributed by atoms with Crippen molar-refractivity contribution in [3.05, 3.63) is 51.5 Å². The molecule has 2 N–H and O–H groups in total. The van der Waals surface area contributed by atoms with Crippen LogP contribution in [0.2, 0.25) is 0 Å². The Bertz CT molecular complexity index is 1070. The largest absolute Gasteiger partial charge is 0.368 e. The van der Waals surface area contributed by atoms with E-state index in [1.807, 2.05) is 25.2 Å². The molecule has 4 rings (SSSR count). The number of piperazine rings is 1. The van der Waals surface area contributed by atoms with E-state index < -0.39 is 10.8 Å². The molecule has 9 heteroatoms. The molecule has 28 heavy (non-hydrogen) atoms. The molecule has 0 unspecified atom stereocenters. The number of nitrogens with two attached hydrogens (primary N) is 1. The number of non-ortho nitro benzene ring substituents is 1. The van der Waals surface area contributed by atoms with Gasteiger partial charge in [0.15, 0.2) is 0 Å². The van der Waals surface area contributed by atoms with Crippen LogP contribution in [0.4, 0.5) is 11.4 Å². The van der Waals surface area contributed by atoms with Gasteiger partial charge in [-0.05, 0) is 24.7 Å². The number of aromatic nitrogens is 1. The number of nitro benzene ring substituents is 1. The van der Waals surface area contributed by atoms with Crippen LogP contribution in [0.15, 0.2) is 35.8 Å². The lowest BCUT2D eigenvalue weighted by molar-refractivity contribution is -0.384. The van der Waals surface area contributed by atoms with Gasteiger partial charge in [-0.1, -0.05) is 6.07 Å². The van der Waals surface area contributed by atoms with Crippen molar-refractivity contribution in [3.63, 3.8) is 0 Å². The number of hydrogen-bond donors (Lipinski definition) is 1. The van der Waals surface area contributed by atoms with E-state index >= 15 is 0 Å². The molecule has 3 aromatic rings. The summed E-state index contributed by atoms with van der Waals surface area (Å²) in [7, 11) is 2.04. The van der Waals surface area contributed by atoms with Crippen LogP contribution < -0.4 is 10.6 Å². The zero-order valence-electron chi connectivity index (χ0n) is 15.3. The lowest BCUT2D eigenvalue weighted by Crippen LogP contribution is -2.45. The highest BCUT2D eigenvalue weighted by molar-refractivity contribution is 7.16. The topological polar surface area (TPSA) is 106 Å². The maximum Gasteiger partial charge on any atom is 0.271 e. The van der Waals surface area contributed by atoms with E-state index in [1.165, 1.54) is 23.5 Å². The van der Waals surface area contributed by atoms with Gasteiger partial charge in [0, 0.05) is 43.9 Å². The van der Waals surface area contributed by atoms with Crippen LogP contribution >= 0.6 is 11.3 Å². The third-order valence-corrected chi connectivity index (χ3v) is 5.82. The summed E-state index contributed by atoms with van der Waals surface area (Å²) in [6.07, 6.45) is 0. The van der Waals surface area contributed by atoms with Gasteiger partial charge in [-0.2, -0.15) is 0 Å². The number of amides is 1. The van der Waals surface area contributed by atoms with Crippen LogP contribution in [0.5, 0.6) is 0 Å². The minimum absolute atomic E-state index is 0.147. The summed E-state index contributed by atoms with van der Waals surface area (Å²) in [5.74, 6) is -0.669. The Labute approximate surface area is 165 Å². The molecule has 0 spiro atoms. The van der Waals surface area contributed by atoms with Gasteiger partial charge in [0.2, 0.25) is 0 Å². The number of rotatable bonds is 4. The number of nitrogens with zero attached hydrogens (tertiary/aromatic N) is 4. The Morgan fingerprint density at radius 1 is 1.21 bits per heavy atom. The van der Waals surface area contributed by atoms with Crippen molar-refractivity contribution in [2.45, 2.75) is 0 Å². The van der Waals surface area contributed by atoms with E-state index in [1.54, 1.807) is 5.51 Å². The van der Waals surface area contributed by atoms with Crippen LogP contribution in [0.25, 0.3) is 21.3 Å². The lowest BCUT2D eigenvalue weighted by Gasteiger charge is -2.36. The number of carbonyl (C=O) groups is 1. The third-order valence-electron chi connectivity index (χ3n) is 5.03. The first-order valence-corrected chi connectivity index (χ1v) is 9.71. The molecule has 8 nitrogen and oxygen atoms in total. The number of nitro groups is 1. The minimum atomic E-state index is -0.669. The molecule has 0 bridgehead atoms. The smallest absolute Gasteiger partial charge is 0.271 e. The quantitative estimate of drug-likeness (QED) is 0.536. The Balaban J connectivity index is 1.95. The van der Waals surface area contributed by atoms with Crippen LogP contribution in [0, 0.1) is 10.1 Å². The number of hydrogen-bond acceptors (Lipinski definition) is 7. The zero-order chi connectivity index (χ0) is 19.8. The van der Waals surface area contributed by atoms with E-state index in [0.717, 1.165) is 28.9 Å². The van der Waals surface area contributed by atoms with Crippen molar-refractivity contribution >= 4 is 38.8 Å². The summed E-state index contributed by atoms with van der Waals surface area (Å²) in [4.78, 5) is 31.8. The van der Waals surface area contributed by atoms with Crippen molar-refractivity contribution in [3.8, 4) is 11.1 Å². The SMILES string of the molecule is CN1CCN(c2c(C(N)=O)cc([N+](=O)[O-])cc2-c2ccc3ncsc3c2)CC1. The molecule has 1 aliphatic heterocycles. The zero-order valence-corrected chi connectivity index (χ0v) is 16.1. The second-order valence-electron chi connectivity index (χ2n) is 6.84. The minimum Gasteiger partial charge on any atom is -0.368 e. The molecule has 1 amide bonds. The Hall–Kier alpha value is -3.04. The average molecular weight is 397 g/mol. The third kappa shape index (κ3) is 3.30. The van der Waals surface area contributed by atoms with Gasteiger partial charge in [0.1, 0.15) is 0 Å². The number of anilines is 1. The Kier molecular flexibility index (Phi) is 4.70. The standard InChI is InChI=1S/C19H19N5O3S/c1-22-4-6-23(7-5-22)18-14(9-13(24(26)27)10-15(18)19(20)25)12-2-3-16-17(8-12)28-11-21-16/h2-3,8-11H,4-7H2,1H3,(H2,20,25). The predicted octanol–water partition coefficient (Wildman–Crippen LogP) is 2.72. The van der Waals surface area contributed by atoms with E-state index in [0.29, 0.717) is 24.3 Å². The number of likely N-dealkylation sites (N-methyl/N-ethyl adjacent to an activating group) is 1. The Morgan fingerprint density at radius 2 is 1.96 bits per heavy atom. The fourth-order valence-corrected chi connectivity index (χ4v) is 4.24. The van der Waals surface area contributed by atoms with Crippen molar-refractivity contribution < 1.29 is 9.72 Å². The fourth-order valence-electron chi connectivity index (χ4n) is 3.53. The van der Waals surface area contributed by atoms with Crippen LogP contribution in [0.3, 0.4) is 0 Å². The van der Waals surface area contributed by atoms with Gasteiger partial charge < -0.3 is 15.5 Å². The average Bonchev–Trinajstić information content (AvgIpc) is 3.15. The van der Waals surface area contributed by atoms with Gasteiger partial charge in [-0.15, -0.1) is 11.3 Å². The number of primary amides is 1. The summed E-state index contributed by atoms with van der Waals surface area (Å²) in [6.45, 7) is 3.10. The van der Waals surface area contributed by atoms with Gasteiger partial charge in [0.25, 0.3) is 11.6 Å². The molecule has 144 valence electrons. The molecule has 2 aromatic carbocycles. The summed E-state index contributed by atoms with van der Waals surface area (Å²) in [5, 5.41) is 11.5. The molecule has 0 atom stereocenters. The predicted molar refractivity (Wildman–Crippen MR) is 110 cm³/mol. The molecule has 0 radical (unpaired) electrons. The second-order valence-corrected chi connectivity index (χ2v) is 7.72. The van der Waals surface area contributed by atoms with Crippen LogP contribution in [-0.2, 0) is 0 Å². The number of benzene rings is 2. The van der Waals surface area contributed by atoms with E-state index in [2.05, 4.69) is 14.8 Å². The molecule has 1 aliphatic rings. The number of carbonyl (C=O) groups excluding carboxylic acids is 1. The summed E-state index contributed by atoms with van der Waals surface area (Å²) < 4.78 is 0.981.